The van der Waals surface area contributed by atoms with Crippen LogP contribution >= 0.6 is 0 Å². The maximum absolute atomic E-state index is 5.43. The Balaban J connectivity index is 2.05. The van der Waals surface area contributed by atoms with E-state index in [4.69, 9.17) is 4.74 Å². The molecule has 0 saturated heterocycles. The molecule has 0 spiro atoms. The molecule has 1 unspecified atom stereocenters. The summed E-state index contributed by atoms with van der Waals surface area (Å²) in [5, 5.41) is 8.01. The van der Waals surface area contributed by atoms with Gasteiger partial charge in [0.2, 0.25) is 0 Å². The first-order chi connectivity index (χ1) is 10.1. The van der Waals surface area contributed by atoms with E-state index in [-0.39, 0.29) is 0 Å². The quantitative estimate of drug-likeness (QED) is 0.851. The van der Waals surface area contributed by atoms with Crippen molar-refractivity contribution in [2.45, 2.75) is 38.8 Å². The van der Waals surface area contributed by atoms with Crippen molar-refractivity contribution in [2.24, 2.45) is 0 Å². The number of methoxy groups -OCH3 is 1. The largest absolute Gasteiger partial charge is 0.496 e. The summed E-state index contributed by atoms with van der Waals surface area (Å²) in [4.78, 5) is 0. The number of aromatic nitrogens is 2. The third-order valence-electron chi connectivity index (χ3n) is 3.72. The van der Waals surface area contributed by atoms with Crippen molar-refractivity contribution in [2.75, 3.05) is 14.2 Å². The van der Waals surface area contributed by atoms with Gasteiger partial charge in [0.05, 0.1) is 12.8 Å². The first kappa shape index (κ1) is 15.6. The van der Waals surface area contributed by atoms with Crippen LogP contribution in [0, 0.1) is 0 Å². The standard InChI is InChI=1S/C17H25N3O/c1-13(2)20-10-9-15(19-20)12-16(18-3)11-14-7-5-6-8-17(14)21-4/h5-10,13,16,18H,11-12H2,1-4H3. The van der Waals surface area contributed by atoms with Crippen molar-refractivity contribution in [3.63, 3.8) is 0 Å². The lowest BCUT2D eigenvalue weighted by atomic mass is 10.0. The van der Waals surface area contributed by atoms with Crippen LogP contribution in [0.2, 0.25) is 0 Å². The summed E-state index contributed by atoms with van der Waals surface area (Å²) in [6, 6.07) is 11.0. The maximum Gasteiger partial charge on any atom is 0.122 e. The molecule has 0 amide bonds. The third kappa shape index (κ3) is 4.08. The molecule has 0 aliphatic rings. The lowest BCUT2D eigenvalue weighted by Gasteiger charge is -2.17. The van der Waals surface area contributed by atoms with Crippen LogP contribution in [-0.2, 0) is 12.8 Å². The smallest absolute Gasteiger partial charge is 0.122 e. The molecule has 1 atom stereocenters. The zero-order valence-corrected chi connectivity index (χ0v) is 13.3. The Hall–Kier alpha value is -1.81. The molecule has 0 aliphatic heterocycles. The van der Waals surface area contributed by atoms with Gasteiger partial charge in [-0.2, -0.15) is 5.10 Å². The van der Waals surface area contributed by atoms with Crippen LogP contribution in [0.5, 0.6) is 5.75 Å². The molecule has 0 fully saturated rings. The molecule has 2 aromatic rings. The van der Waals surface area contributed by atoms with E-state index in [9.17, 15) is 0 Å². The Kier molecular flexibility index (Phi) is 5.39. The second-order valence-electron chi connectivity index (χ2n) is 5.59. The molecule has 21 heavy (non-hydrogen) atoms. The van der Waals surface area contributed by atoms with E-state index in [1.165, 1.54) is 5.56 Å². The summed E-state index contributed by atoms with van der Waals surface area (Å²) in [5.41, 5.74) is 2.35. The van der Waals surface area contributed by atoms with Crippen molar-refractivity contribution < 1.29 is 4.74 Å². The molecule has 1 N–H and O–H groups in total. The number of rotatable bonds is 7. The van der Waals surface area contributed by atoms with Crippen molar-refractivity contribution in [3.8, 4) is 5.75 Å². The summed E-state index contributed by atoms with van der Waals surface area (Å²) >= 11 is 0. The first-order valence-electron chi connectivity index (χ1n) is 7.47. The van der Waals surface area contributed by atoms with E-state index in [1.54, 1.807) is 7.11 Å². The monoisotopic (exact) mass is 287 g/mol. The summed E-state index contributed by atoms with van der Waals surface area (Å²) in [5.74, 6) is 0.949. The summed E-state index contributed by atoms with van der Waals surface area (Å²) in [6.45, 7) is 4.28. The molecule has 0 saturated carbocycles. The second kappa shape index (κ2) is 7.27. The van der Waals surface area contributed by atoms with E-state index in [0.29, 0.717) is 12.1 Å². The van der Waals surface area contributed by atoms with Crippen LogP contribution in [0.4, 0.5) is 0 Å². The van der Waals surface area contributed by atoms with Gasteiger partial charge in [-0.25, -0.2) is 0 Å². The first-order valence-corrected chi connectivity index (χ1v) is 7.47. The zero-order valence-electron chi connectivity index (χ0n) is 13.3. The fourth-order valence-electron chi connectivity index (χ4n) is 2.44. The maximum atomic E-state index is 5.43. The fraction of sp³-hybridized carbons (Fsp3) is 0.471. The molecule has 4 heteroatoms. The van der Waals surface area contributed by atoms with Gasteiger partial charge in [0, 0.05) is 24.7 Å². The Morgan fingerprint density at radius 1 is 1.19 bits per heavy atom. The van der Waals surface area contributed by atoms with Gasteiger partial charge in [-0.05, 0) is 45.0 Å². The molecule has 114 valence electrons. The summed E-state index contributed by atoms with van der Waals surface area (Å²) < 4.78 is 7.43. The number of likely N-dealkylation sites (N-methyl/N-ethyl adjacent to an activating group) is 1. The molecular weight excluding hydrogens is 262 g/mol. The van der Waals surface area contributed by atoms with Gasteiger partial charge >= 0.3 is 0 Å². The topological polar surface area (TPSA) is 39.1 Å². The van der Waals surface area contributed by atoms with Crippen molar-refractivity contribution >= 4 is 0 Å². The van der Waals surface area contributed by atoms with E-state index < -0.39 is 0 Å². The van der Waals surface area contributed by atoms with Crippen LogP contribution in [0.15, 0.2) is 36.5 Å². The molecule has 1 aromatic carbocycles. The highest BCUT2D eigenvalue weighted by Gasteiger charge is 2.13. The third-order valence-corrected chi connectivity index (χ3v) is 3.72. The van der Waals surface area contributed by atoms with Gasteiger partial charge in [0.1, 0.15) is 5.75 Å². The number of para-hydroxylation sites is 1. The Morgan fingerprint density at radius 3 is 2.57 bits per heavy atom. The lowest BCUT2D eigenvalue weighted by Crippen LogP contribution is -2.30. The van der Waals surface area contributed by atoms with Crippen LogP contribution in [0.3, 0.4) is 0 Å². The summed E-state index contributed by atoms with van der Waals surface area (Å²) in [6.07, 6.45) is 3.89. The molecule has 1 heterocycles. The van der Waals surface area contributed by atoms with Gasteiger partial charge in [0.15, 0.2) is 0 Å². The van der Waals surface area contributed by atoms with Crippen LogP contribution in [0.25, 0.3) is 0 Å². The van der Waals surface area contributed by atoms with E-state index in [0.717, 1.165) is 24.3 Å². The minimum Gasteiger partial charge on any atom is -0.496 e. The SMILES string of the molecule is CNC(Cc1ccn(C(C)C)n1)Cc1ccccc1OC. The van der Waals surface area contributed by atoms with Crippen molar-refractivity contribution in [1.82, 2.24) is 15.1 Å². The molecule has 2 rings (SSSR count). The van der Waals surface area contributed by atoms with Gasteiger partial charge in [0.25, 0.3) is 0 Å². The number of nitrogens with one attached hydrogen (secondary N) is 1. The lowest BCUT2D eigenvalue weighted by molar-refractivity contribution is 0.405. The van der Waals surface area contributed by atoms with Crippen molar-refractivity contribution in [1.29, 1.82) is 0 Å². The molecule has 1 aromatic heterocycles. The Morgan fingerprint density at radius 2 is 1.95 bits per heavy atom. The molecule has 0 aliphatic carbocycles. The van der Waals surface area contributed by atoms with Crippen LogP contribution in [0.1, 0.15) is 31.1 Å². The Bertz CT molecular complexity index is 563. The highest BCUT2D eigenvalue weighted by atomic mass is 16.5. The van der Waals surface area contributed by atoms with Gasteiger partial charge in [-0.1, -0.05) is 18.2 Å². The minimum atomic E-state index is 0.344. The minimum absolute atomic E-state index is 0.344. The van der Waals surface area contributed by atoms with E-state index in [1.807, 2.05) is 23.9 Å². The number of hydrogen-bond acceptors (Lipinski definition) is 3. The molecule has 0 radical (unpaired) electrons. The highest BCUT2D eigenvalue weighted by Crippen LogP contribution is 2.20. The van der Waals surface area contributed by atoms with Gasteiger partial charge in [-0.3, -0.25) is 4.68 Å². The summed E-state index contributed by atoms with van der Waals surface area (Å²) in [7, 11) is 3.72. The van der Waals surface area contributed by atoms with E-state index >= 15 is 0 Å². The average molecular weight is 287 g/mol. The fourth-order valence-corrected chi connectivity index (χ4v) is 2.44. The number of hydrogen-bond donors (Lipinski definition) is 1. The molecule has 4 nitrogen and oxygen atoms in total. The molecular formula is C17H25N3O. The normalized spacial score (nSPS) is 12.6. The van der Waals surface area contributed by atoms with E-state index in [2.05, 4.69) is 48.7 Å². The molecule has 0 bridgehead atoms. The van der Waals surface area contributed by atoms with Crippen LogP contribution in [-0.4, -0.2) is 30.0 Å². The Labute approximate surface area is 127 Å². The van der Waals surface area contributed by atoms with Gasteiger partial charge < -0.3 is 10.1 Å². The average Bonchev–Trinajstić information content (AvgIpc) is 2.96. The van der Waals surface area contributed by atoms with Gasteiger partial charge in [-0.15, -0.1) is 0 Å². The highest BCUT2D eigenvalue weighted by molar-refractivity contribution is 5.34. The second-order valence-corrected chi connectivity index (χ2v) is 5.59. The zero-order chi connectivity index (χ0) is 15.2. The van der Waals surface area contributed by atoms with Crippen molar-refractivity contribution in [3.05, 3.63) is 47.8 Å². The van der Waals surface area contributed by atoms with Crippen LogP contribution < -0.4 is 10.1 Å². The number of benzene rings is 1. The number of ether oxygens (including phenoxy) is 1. The number of nitrogens with zero attached hydrogens (tertiary/aromatic N) is 2. The predicted molar refractivity (Wildman–Crippen MR) is 85.9 cm³/mol. The predicted octanol–water partition coefficient (Wildman–Crippen LogP) is 2.85.